The van der Waals surface area contributed by atoms with Crippen LogP contribution in [0.1, 0.15) is 36.6 Å². The standard InChI is InChI=1S/C19H19FN4O2/c20-14-6-4-13(5-7-14)11-18(25)23-10-2-1-3-16(23)15-12-19(26)24-17(22-15)8-9-21-24/h4-9,12,16,21H,1-3,10-11H2. The predicted molar refractivity (Wildman–Crippen MR) is 94.2 cm³/mol. The number of nitrogens with zero attached hydrogens (tertiary/aromatic N) is 3. The molecule has 26 heavy (non-hydrogen) atoms. The van der Waals surface area contributed by atoms with Crippen LogP contribution in [0.25, 0.3) is 5.65 Å². The van der Waals surface area contributed by atoms with Crippen LogP contribution in [-0.4, -0.2) is 31.9 Å². The highest BCUT2D eigenvalue weighted by Gasteiger charge is 2.29. The Morgan fingerprint density at radius 3 is 2.85 bits per heavy atom. The van der Waals surface area contributed by atoms with Gasteiger partial charge in [-0.3, -0.25) is 14.7 Å². The Bertz CT molecular complexity index is 993. The van der Waals surface area contributed by atoms with Crippen molar-refractivity contribution in [2.75, 3.05) is 6.54 Å². The summed E-state index contributed by atoms with van der Waals surface area (Å²) in [7, 11) is 0. The van der Waals surface area contributed by atoms with Gasteiger partial charge in [0, 0.05) is 24.9 Å². The molecule has 3 aromatic rings. The lowest BCUT2D eigenvalue weighted by molar-refractivity contribution is -0.134. The number of rotatable bonds is 3. The first kappa shape index (κ1) is 16.5. The van der Waals surface area contributed by atoms with Crippen LogP contribution in [-0.2, 0) is 11.2 Å². The minimum atomic E-state index is -0.318. The maximum Gasteiger partial charge on any atom is 0.272 e. The number of nitrogens with one attached hydrogen (secondary N) is 1. The van der Waals surface area contributed by atoms with E-state index in [4.69, 9.17) is 0 Å². The Morgan fingerprint density at radius 1 is 1.23 bits per heavy atom. The molecule has 2 aromatic heterocycles. The molecule has 1 saturated heterocycles. The summed E-state index contributed by atoms with van der Waals surface area (Å²) in [4.78, 5) is 31.5. The van der Waals surface area contributed by atoms with Gasteiger partial charge in [0.25, 0.3) is 5.56 Å². The molecule has 3 heterocycles. The highest BCUT2D eigenvalue weighted by Crippen LogP contribution is 2.30. The van der Waals surface area contributed by atoms with Gasteiger partial charge in [-0.25, -0.2) is 13.9 Å². The lowest BCUT2D eigenvalue weighted by Gasteiger charge is -2.35. The number of benzene rings is 1. The largest absolute Gasteiger partial charge is 0.334 e. The van der Waals surface area contributed by atoms with Gasteiger partial charge in [-0.1, -0.05) is 12.1 Å². The van der Waals surface area contributed by atoms with E-state index in [9.17, 15) is 14.0 Å². The molecule has 0 aliphatic carbocycles. The normalized spacial score (nSPS) is 17.6. The van der Waals surface area contributed by atoms with Crippen LogP contribution < -0.4 is 5.56 Å². The molecule has 1 amide bonds. The second kappa shape index (κ2) is 6.74. The molecule has 1 fully saturated rings. The van der Waals surface area contributed by atoms with Gasteiger partial charge in [0.2, 0.25) is 5.91 Å². The molecule has 1 N–H and O–H groups in total. The SMILES string of the molecule is O=C(Cc1ccc(F)cc1)N1CCCCC1c1cc(=O)n2[nH]ccc2n1. The van der Waals surface area contributed by atoms with E-state index in [0.29, 0.717) is 17.9 Å². The number of piperidine rings is 1. The molecule has 6 nitrogen and oxygen atoms in total. The number of aromatic amines is 1. The summed E-state index contributed by atoms with van der Waals surface area (Å²) in [6, 6.07) is 9.00. The zero-order valence-electron chi connectivity index (χ0n) is 14.2. The van der Waals surface area contributed by atoms with Gasteiger partial charge in [-0.2, -0.15) is 0 Å². The number of hydrogen-bond acceptors (Lipinski definition) is 3. The van der Waals surface area contributed by atoms with Crippen LogP contribution >= 0.6 is 0 Å². The van der Waals surface area contributed by atoms with E-state index in [-0.39, 0.29) is 29.7 Å². The van der Waals surface area contributed by atoms with E-state index >= 15 is 0 Å². The first-order valence-corrected chi connectivity index (χ1v) is 8.73. The quantitative estimate of drug-likeness (QED) is 0.785. The van der Waals surface area contributed by atoms with Crippen LogP contribution in [0.2, 0.25) is 0 Å². The molecule has 134 valence electrons. The van der Waals surface area contributed by atoms with Gasteiger partial charge in [0.05, 0.1) is 18.2 Å². The topological polar surface area (TPSA) is 70.5 Å². The predicted octanol–water partition coefficient (Wildman–Crippen LogP) is 2.46. The molecule has 7 heteroatoms. The third kappa shape index (κ3) is 3.12. The molecule has 0 bridgehead atoms. The Labute approximate surface area is 149 Å². The third-order valence-corrected chi connectivity index (χ3v) is 4.83. The minimum absolute atomic E-state index is 0.0302. The number of fused-ring (bicyclic) bond motifs is 1. The summed E-state index contributed by atoms with van der Waals surface area (Å²) < 4.78 is 14.4. The molecule has 4 rings (SSSR count). The van der Waals surface area contributed by atoms with Crippen LogP contribution in [0.5, 0.6) is 0 Å². The van der Waals surface area contributed by atoms with Crippen molar-refractivity contribution in [3.05, 3.63) is 70.0 Å². The van der Waals surface area contributed by atoms with Crippen molar-refractivity contribution in [3.8, 4) is 0 Å². The number of carbonyl (C=O) groups excluding carboxylic acids is 1. The van der Waals surface area contributed by atoms with Crippen molar-refractivity contribution in [3.63, 3.8) is 0 Å². The zero-order valence-corrected chi connectivity index (χ0v) is 14.2. The Kier molecular flexibility index (Phi) is 4.28. The van der Waals surface area contributed by atoms with Gasteiger partial charge in [-0.15, -0.1) is 0 Å². The fourth-order valence-corrected chi connectivity index (χ4v) is 3.53. The van der Waals surface area contributed by atoms with Crippen LogP contribution in [0.3, 0.4) is 0 Å². The highest BCUT2D eigenvalue weighted by atomic mass is 19.1. The smallest absolute Gasteiger partial charge is 0.272 e. The van der Waals surface area contributed by atoms with Crippen LogP contribution in [0, 0.1) is 5.82 Å². The van der Waals surface area contributed by atoms with E-state index in [1.807, 2.05) is 0 Å². The van der Waals surface area contributed by atoms with Crippen molar-refractivity contribution in [2.24, 2.45) is 0 Å². The molecular weight excluding hydrogens is 335 g/mol. The molecule has 0 radical (unpaired) electrons. The Balaban J connectivity index is 1.61. The van der Waals surface area contributed by atoms with Gasteiger partial charge >= 0.3 is 0 Å². The summed E-state index contributed by atoms with van der Waals surface area (Å²) >= 11 is 0. The number of likely N-dealkylation sites (tertiary alicyclic amines) is 1. The van der Waals surface area contributed by atoms with Crippen molar-refractivity contribution in [1.82, 2.24) is 19.5 Å². The summed E-state index contributed by atoms with van der Waals surface area (Å²) in [6.45, 7) is 0.638. The van der Waals surface area contributed by atoms with Crippen molar-refractivity contribution >= 4 is 11.6 Å². The third-order valence-electron chi connectivity index (χ3n) is 4.83. The fraction of sp³-hybridized carbons (Fsp3) is 0.316. The molecule has 1 unspecified atom stereocenters. The molecule has 0 saturated carbocycles. The summed E-state index contributed by atoms with van der Waals surface area (Å²) in [5.41, 5.74) is 1.76. The Morgan fingerprint density at radius 2 is 2.04 bits per heavy atom. The average Bonchev–Trinajstić information content (AvgIpc) is 3.13. The maximum absolute atomic E-state index is 13.1. The van der Waals surface area contributed by atoms with Gasteiger partial charge in [-0.05, 0) is 37.0 Å². The first-order chi connectivity index (χ1) is 12.6. The first-order valence-electron chi connectivity index (χ1n) is 8.73. The van der Waals surface area contributed by atoms with E-state index in [1.54, 1.807) is 29.3 Å². The van der Waals surface area contributed by atoms with Crippen LogP contribution in [0.4, 0.5) is 4.39 Å². The summed E-state index contributed by atoms with van der Waals surface area (Å²) in [6.07, 6.45) is 4.56. The van der Waals surface area contributed by atoms with E-state index in [1.165, 1.54) is 22.7 Å². The number of aromatic nitrogens is 3. The van der Waals surface area contributed by atoms with Gasteiger partial charge < -0.3 is 4.90 Å². The highest BCUT2D eigenvalue weighted by molar-refractivity contribution is 5.79. The summed E-state index contributed by atoms with van der Waals surface area (Å²) in [5.74, 6) is -0.348. The van der Waals surface area contributed by atoms with Crippen LogP contribution in [0.15, 0.2) is 47.4 Å². The van der Waals surface area contributed by atoms with Crippen molar-refractivity contribution < 1.29 is 9.18 Å². The van der Waals surface area contributed by atoms with Crippen molar-refractivity contribution in [1.29, 1.82) is 0 Å². The number of H-pyrrole nitrogens is 1. The lowest BCUT2D eigenvalue weighted by Crippen LogP contribution is -2.40. The van der Waals surface area contributed by atoms with E-state index in [2.05, 4.69) is 10.1 Å². The number of amides is 1. The van der Waals surface area contributed by atoms with E-state index in [0.717, 1.165) is 24.8 Å². The summed E-state index contributed by atoms with van der Waals surface area (Å²) in [5, 5.41) is 2.82. The van der Waals surface area contributed by atoms with Gasteiger partial charge in [0.15, 0.2) is 5.65 Å². The lowest BCUT2D eigenvalue weighted by atomic mass is 9.98. The second-order valence-corrected chi connectivity index (χ2v) is 6.58. The Hall–Kier alpha value is -2.96. The molecule has 0 spiro atoms. The average molecular weight is 354 g/mol. The zero-order chi connectivity index (χ0) is 18.1. The number of halogens is 1. The number of hydrogen-bond donors (Lipinski definition) is 1. The monoisotopic (exact) mass is 354 g/mol. The molecule has 1 aliphatic heterocycles. The molecule has 1 atom stereocenters. The minimum Gasteiger partial charge on any atom is -0.334 e. The second-order valence-electron chi connectivity index (χ2n) is 6.58. The fourth-order valence-electron chi connectivity index (χ4n) is 3.53. The molecular formula is C19H19FN4O2. The molecule has 1 aliphatic rings. The van der Waals surface area contributed by atoms with E-state index < -0.39 is 0 Å². The van der Waals surface area contributed by atoms with Gasteiger partial charge in [0.1, 0.15) is 5.82 Å². The molecule has 1 aromatic carbocycles. The maximum atomic E-state index is 13.1. The number of carbonyl (C=O) groups is 1. The van der Waals surface area contributed by atoms with Crippen molar-refractivity contribution in [2.45, 2.75) is 31.7 Å².